The van der Waals surface area contributed by atoms with Gasteiger partial charge in [-0.25, -0.2) is 4.98 Å². The Kier molecular flexibility index (Phi) is 4.61. The van der Waals surface area contributed by atoms with Crippen LogP contribution in [0.2, 0.25) is 0 Å². The van der Waals surface area contributed by atoms with Crippen LogP contribution in [0, 0.1) is 0 Å². The molecule has 4 heteroatoms. The molecule has 0 unspecified atom stereocenters. The van der Waals surface area contributed by atoms with E-state index in [-0.39, 0.29) is 5.91 Å². The molecule has 25 heavy (non-hydrogen) atoms. The second-order valence-electron chi connectivity index (χ2n) is 6.38. The van der Waals surface area contributed by atoms with Crippen molar-refractivity contribution in [3.05, 3.63) is 77.3 Å². The molecule has 2 aromatic carbocycles. The lowest BCUT2D eigenvalue weighted by Gasteiger charge is -2.31. The lowest BCUT2D eigenvalue weighted by atomic mass is 9.89. The average Bonchev–Trinajstić information content (AvgIpc) is 3.19. The van der Waals surface area contributed by atoms with Crippen LogP contribution in [-0.2, 0) is 0 Å². The summed E-state index contributed by atoms with van der Waals surface area (Å²) in [5, 5.41) is 2.79. The van der Waals surface area contributed by atoms with Crippen LogP contribution in [0.4, 0.5) is 0 Å². The molecule has 2 heterocycles. The van der Waals surface area contributed by atoms with Gasteiger partial charge in [0.05, 0.1) is 0 Å². The van der Waals surface area contributed by atoms with Crippen LogP contribution in [0.15, 0.2) is 66.0 Å². The molecule has 3 nitrogen and oxygen atoms in total. The number of hydrogen-bond donors (Lipinski definition) is 0. The first-order chi connectivity index (χ1) is 12.3. The molecule has 0 atom stereocenters. The minimum atomic E-state index is 0.0601. The van der Waals surface area contributed by atoms with Crippen LogP contribution in [0.5, 0.6) is 0 Å². The number of benzene rings is 2. The maximum Gasteiger partial charge on any atom is 0.273 e. The third-order valence-corrected chi connectivity index (χ3v) is 5.69. The fourth-order valence-corrected chi connectivity index (χ4v) is 4.19. The van der Waals surface area contributed by atoms with Crippen LogP contribution in [0.25, 0.3) is 10.6 Å². The van der Waals surface area contributed by atoms with Gasteiger partial charge in [-0.3, -0.25) is 4.79 Å². The molecule has 1 aliphatic rings. The van der Waals surface area contributed by atoms with Gasteiger partial charge in [-0.1, -0.05) is 60.7 Å². The van der Waals surface area contributed by atoms with Gasteiger partial charge in [-0.15, -0.1) is 11.3 Å². The van der Waals surface area contributed by atoms with E-state index in [2.05, 4.69) is 35.3 Å². The summed E-state index contributed by atoms with van der Waals surface area (Å²) >= 11 is 1.53. The summed E-state index contributed by atoms with van der Waals surface area (Å²) < 4.78 is 0. The Bertz CT molecular complexity index is 837. The van der Waals surface area contributed by atoms with Crippen molar-refractivity contribution < 1.29 is 4.79 Å². The molecule has 1 aliphatic heterocycles. The summed E-state index contributed by atoms with van der Waals surface area (Å²) in [7, 11) is 0. The molecule has 4 rings (SSSR count). The summed E-state index contributed by atoms with van der Waals surface area (Å²) in [4.78, 5) is 19.3. The number of nitrogens with zero attached hydrogens (tertiary/aromatic N) is 2. The SMILES string of the molecule is O=C(c1csc(-c2ccccc2)n1)N1CCC(c2ccccc2)CC1. The quantitative estimate of drug-likeness (QED) is 0.679. The Hall–Kier alpha value is -2.46. The van der Waals surface area contributed by atoms with Gasteiger partial charge in [-0.05, 0) is 24.3 Å². The summed E-state index contributed by atoms with van der Waals surface area (Å²) in [6.45, 7) is 1.60. The van der Waals surface area contributed by atoms with E-state index in [0.29, 0.717) is 11.6 Å². The van der Waals surface area contributed by atoms with Crippen LogP contribution < -0.4 is 0 Å². The lowest BCUT2D eigenvalue weighted by Crippen LogP contribution is -2.38. The van der Waals surface area contributed by atoms with Crippen LogP contribution in [-0.4, -0.2) is 28.9 Å². The van der Waals surface area contributed by atoms with Crippen molar-refractivity contribution in [1.29, 1.82) is 0 Å². The molecule has 0 bridgehead atoms. The van der Waals surface area contributed by atoms with Crippen LogP contribution >= 0.6 is 11.3 Å². The standard InChI is InChI=1S/C21H20N2OS/c24-21(19-15-25-20(22-19)18-9-5-2-6-10-18)23-13-11-17(12-14-23)16-7-3-1-4-8-16/h1-10,15,17H,11-14H2. The average molecular weight is 348 g/mol. The molecular weight excluding hydrogens is 328 g/mol. The van der Waals surface area contributed by atoms with E-state index < -0.39 is 0 Å². The normalized spacial score (nSPS) is 15.3. The first-order valence-corrected chi connectivity index (χ1v) is 9.54. The zero-order chi connectivity index (χ0) is 17.1. The minimum Gasteiger partial charge on any atom is -0.337 e. The number of rotatable bonds is 3. The highest BCUT2D eigenvalue weighted by Crippen LogP contribution is 2.29. The van der Waals surface area contributed by atoms with E-state index in [1.54, 1.807) is 0 Å². The number of amides is 1. The van der Waals surface area contributed by atoms with Gasteiger partial charge in [0, 0.05) is 24.0 Å². The topological polar surface area (TPSA) is 33.2 Å². The van der Waals surface area contributed by atoms with Crippen LogP contribution in [0.1, 0.15) is 34.8 Å². The van der Waals surface area contributed by atoms with Crippen molar-refractivity contribution in [3.8, 4) is 10.6 Å². The predicted molar refractivity (Wildman–Crippen MR) is 102 cm³/mol. The van der Waals surface area contributed by atoms with Crippen LogP contribution in [0.3, 0.4) is 0 Å². The molecule has 1 amide bonds. The van der Waals surface area contributed by atoms with Gasteiger partial charge in [0.2, 0.25) is 0 Å². The number of carbonyl (C=O) groups excluding carboxylic acids is 1. The van der Waals surface area contributed by atoms with E-state index in [1.165, 1.54) is 16.9 Å². The highest BCUT2D eigenvalue weighted by Gasteiger charge is 2.25. The summed E-state index contributed by atoms with van der Waals surface area (Å²) in [6, 6.07) is 20.6. The first kappa shape index (κ1) is 16.0. The van der Waals surface area contributed by atoms with Gasteiger partial charge in [0.15, 0.2) is 0 Å². The zero-order valence-electron chi connectivity index (χ0n) is 14.0. The number of likely N-dealkylation sites (tertiary alicyclic amines) is 1. The highest BCUT2D eigenvalue weighted by molar-refractivity contribution is 7.13. The van der Waals surface area contributed by atoms with Gasteiger partial charge >= 0.3 is 0 Å². The fraction of sp³-hybridized carbons (Fsp3) is 0.238. The molecule has 0 saturated carbocycles. The molecule has 1 aromatic heterocycles. The number of hydrogen-bond acceptors (Lipinski definition) is 3. The first-order valence-electron chi connectivity index (χ1n) is 8.66. The largest absolute Gasteiger partial charge is 0.337 e. The van der Waals surface area contributed by atoms with Gasteiger partial charge in [0.25, 0.3) is 5.91 Å². The summed E-state index contributed by atoms with van der Waals surface area (Å²) in [5.41, 5.74) is 3.02. The Morgan fingerprint density at radius 1 is 0.960 bits per heavy atom. The van der Waals surface area contributed by atoms with Crippen molar-refractivity contribution >= 4 is 17.2 Å². The highest BCUT2D eigenvalue weighted by atomic mass is 32.1. The second kappa shape index (κ2) is 7.19. The van der Waals surface area contributed by atoms with Crippen molar-refractivity contribution in [1.82, 2.24) is 9.88 Å². The molecular formula is C21H20N2OS. The number of thiazole rings is 1. The minimum absolute atomic E-state index is 0.0601. The smallest absolute Gasteiger partial charge is 0.273 e. The van der Waals surface area contributed by atoms with Crippen molar-refractivity contribution in [2.75, 3.05) is 13.1 Å². The molecule has 0 N–H and O–H groups in total. The Balaban J connectivity index is 1.42. The number of piperidine rings is 1. The molecule has 3 aromatic rings. The van der Waals surface area contributed by atoms with Crippen molar-refractivity contribution in [2.45, 2.75) is 18.8 Å². The molecule has 126 valence electrons. The number of aromatic nitrogens is 1. The second-order valence-corrected chi connectivity index (χ2v) is 7.24. The Morgan fingerprint density at radius 3 is 2.28 bits per heavy atom. The third-order valence-electron chi connectivity index (χ3n) is 4.80. The van der Waals surface area contributed by atoms with Crippen molar-refractivity contribution in [2.24, 2.45) is 0 Å². The van der Waals surface area contributed by atoms with E-state index >= 15 is 0 Å². The summed E-state index contributed by atoms with van der Waals surface area (Å²) in [5.74, 6) is 0.616. The van der Waals surface area contributed by atoms with E-state index in [4.69, 9.17) is 0 Å². The van der Waals surface area contributed by atoms with E-state index in [0.717, 1.165) is 36.5 Å². The maximum atomic E-state index is 12.8. The zero-order valence-corrected chi connectivity index (χ0v) is 14.8. The Labute approximate surface area is 152 Å². The lowest BCUT2D eigenvalue weighted by molar-refractivity contribution is 0.0708. The maximum absolute atomic E-state index is 12.8. The molecule has 0 aliphatic carbocycles. The summed E-state index contributed by atoms with van der Waals surface area (Å²) in [6.07, 6.45) is 2.04. The molecule has 0 radical (unpaired) electrons. The number of carbonyl (C=O) groups is 1. The predicted octanol–water partition coefficient (Wildman–Crippen LogP) is 4.83. The fourth-order valence-electron chi connectivity index (χ4n) is 3.39. The Morgan fingerprint density at radius 2 is 1.60 bits per heavy atom. The molecule has 0 spiro atoms. The van der Waals surface area contributed by atoms with E-state index in [9.17, 15) is 4.79 Å². The molecule has 1 fully saturated rings. The van der Waals surface area contributed by atoms with Gasteiger partial charge < -0.3 is 4.90 Å². The third kappa shape index (κ3) is 3.49. The van der Waals surface area contributed by atoms with E-state index in [1.807, 2.05) is 40.6 Å². The van der Waals surface area contributed by atoms with Gasteiger partial charge in [-0.2, -0.15) is 0 Å². The monoisotopic (exact) mass is 348 g/mol. The molecule has 1 saturated heterocycles. The van der Waals surface area contributed by atoms with Gasteiger partial charge in [0.1, 0.15) is 10.7 Å². The van der Waals surface area contributed by atoms with Crippen molar-refractivity contribution in [3.63, 3.8) is 0 Å².